The Morgan fingerprint density at radius 1 is 1.16 bits per heavy atom. The minimum atomic E-state index is -0.540. The number of likely N-dealkylation sites (tertiary alicyclic amines) is 1. The van der Waals surface area contributed by atoms with E-state index in [9.17, 15) is 9.90 Å². The minimum Gasteiger partial charge on any atom is -0.388 e. The minimum absolute atomic E-state index is 0.0268. The first kappa shape index (κ1) is 15.9. The van der Waals surface area contributed by atoms with Crippen molar-refractivity contribution in [2.75, 3.05) is 6.54 Å². The zero-order valence-corrected chi connectivity index (χ0v) is 14.1. The number of aliphatic hydroxyl groups excluding tert-OH is 1. The molecule has 0 unspecified atom stereocenters. The highest BCUT2D eigenvalue weighted by molar-refractivity contribution is 5.98. The van der Waals surface area contributed by atoms with Crippen molar-refractivity contribution in [3.63, 3.8) is 0 Å². The van der Waals surface area contributed by atoms with Gasteiger partial charge in [0.2, 0.25) is 0 Å². The van der Waals surface area contributed by atoms with Crippen molar-refractivity contribution in [1.82, 2.24) is 9.88 Å². The lowest BCUT2D eigenvalue weighted by molar-refractivity contribution is 0.0662. The molecule has 0 bridgehead atoms. The lowest BCUT2D eigenvalue weighted by Gasteiger charge is -2.26. The molecule has 1 fully saturated rings. The molecule has 2 atom stereocenters. The van der Waals surface area contributed by atoms with Crippen LogP contribution >= 0.6 is 0 Å². The summed E-state index contributed by atoms with van der Waals surface area (Å²) in [6, 6.07) is 19.6. The quantitative estimate of drug-likeness (QED) is 0.760. The van der Waals surface area contributed by atoms with Crippen molar-refractivity contribution in [3.8, 4) is 0 Å². The highest BCUT2D eigenvalue weighted by Crippen LogP contribution is 2.29. The van der Waals surface area contributed by atoms with Crippen LogP contribution in [0.1, 0.15) is 41.4 Å². The summed E-state index contributed by atoms with van der Waals surface area (Å²) in [5, 5.41) is 11.6. The number of carbonyl (C=O) groups is 1. The molecule has 4 heteroatoms. The first-order valence-electron chi connectivity index (χ1n) is 8.84. The van der Waals surface area contributed by atoms with Crippen molar-refractivity contribution in [1.29, 1.82) is 0 Å². The Morgan fingerprint density at radius 2 is 1.92 bits per heavy atom. The second-order valence-corrected chi connectivity index (χ2v) is 6.73. The molecule has 0 spiro atoms. The summed E-state index contributed by atoms with van der Waals surface area (Å²) in [4.78, 5) is 18.1. The van der Waals surface area contributed by atoms with E-state index in [0.29, 0.717) is 12.1 Å². The van der Waals surface area contributed by atoms with Gasteiger partial charge >= 0.3 is 0 Å². The third-order valence-electron chi connectivity index (χ3n) is 5.08. The zero-order valence-electron chi connectivity index (χ0n) is 14.1. The van der Waals surface area contributed by atoms with Crippen LogP contribution in [-0.4, -0.2) is 33.5 Å². The van der Waals surface area contributed by atoms with Gasteiger partial charge in [0, 0.05) is 23.5 Å². The van der Waals surface area contributed by atoms with Crippen LogP contribution in [-0.2, 0) is 0 Å². The number of hydrogen-bond acceptors (Lipinski definition) is 2. The Labute approximate surface area is 147 Å². The largest absolute Gasteiger partial charge is 0.388 e. The number of nitrogens with zero attached hydrogens (tertiary/aromatic N) is 1. The van der Waals surface area contributed by atoms with E-state index >= 15 is 0 Å². The standard InChI is InChI=1S/C21H22N2O2/c24-20(15-7-2-1-3-8-15)14-17-10-6-12-23(17)21(25)19-13-16-9-4-5-11-18(16)22-19/h1-5,7-9,11,13,17,20,22,24H,6,10,12,14H2/t17-,20+/m1/s1. The number of nitrogens with one attached hydrogen (secondary N) is 1. The van der Waals surface area contributed by atoms with Gasteiger partial charge in [-0.2, -0.15) is 0 Å². The first-order chi connectivity index (χ1) is 12.2. The number of aliphatic hydroxyl groups is 1. The van der Waals surface area contributed by atoms with Crippen molar-refractivity contribution in [3.05, 3.63) is 71.9 Å². The molecule has 2 aromatic carbocycles. The second-order valence-electron chi connectivity index (χ2n) is 6.73. The first-order valence-corrected chi connectivity index (χ1v) is 8.84. The van der Waals surface area contributed by atoms with Crippen LogP contribution in [0.5, 0.6) is 0 Å². The number of para-hydroxylation sites is 1. The molecule has 1 aliphatic rings. The summed E-state index contributed by atoms with van der Waals surface area (Å²) in [6.45, 7) is 0.750. The normalized spacial score (nSPS) is 18.6. The Kier molecular flexibility index (Phi) is 4.28. The van der Waals surface area contributed by atoms with Gasteiger partial charge in [-0.3, -0.25) is 4.79 Å². The molecule has 2 N–H and O–H groups in total. The summed E-state index contributed by atoms with van der Waals surface area (Å²) in [5.74, 6) is 0.0268. The SMILES string of the molecule is O=C(c1cc2ccccc2[nH]1)N1CCC[C@@H]1C[C@H](O)c1ccccc1. The fourth-order valence-corrected chi connectivity index (χ4v) is 3.76. The van der Waals surface area contributed by atoms with E-state index in [2.05, 4.69) is 4.98 Å². The van der Waals surface area contributed by atoms with Crippen molar-refractivity contribution >= 4 is 16.8 Å². The summed E-state index contributed by atoms with van der Waals surface area (Å²) >= 11 is 0. The summed E-state index contributed by atoms with van der Waals surface area (Å²) in [6.07, 6.45) is 1.96. The third kappa shape index (κ3) is 3.17. The number of amides is 1. The van der Waals surface area contributed by atoms with Gasteiger partial charge < -0.3 is 15.0 Å². The van der Waals surface area contributed by atoms with Crippen LogP contribution in [0.3, 0.4) is 0 Å². The van der Waals surface area contributed by atoms with Gasteiger partial charge in [-0.25, -0.2) is 0 Å². The molecule has 128 valence electrons. The number of aromatic nitrogens is 1. The summed E-state index contributed by atoms with van der Waals surface area (Å²) in [7, 11) is 0. The van der Waals surface area contributed by atoms with E-state index in [-0.39, 0.29) is 11.9 Å². The van der Waals surface area contributed by atoms with E-state index in [1.165, 1.54) is 0 Å². The van der Waals surface area contributed by atoms with E-state index in [1.807, 2.05) is 65.6 Å². The zero-order chi connectivity index (χ0) is 17.2. The van der Waals surface area contributed by atoms with E-state index < -0.39 is 6.10 Å². The fraction of sp³-hybridized carbons (Fsp3) is 0.286. The summed E-state index contributed by atoms with van der Waals surface area (Å²) < 4.78 is 0. The van der Waals surface area contributed by atoms with E-state index in [1.54, 1.807) is 0 Å². The van der Waals surface area contributed by atoms with Gasteiger partial charge in [-0.1, -0.05) is 48.5 Å². The molecule has 0 aliphatic carbocycles. The number of aromatic amines is 1. The molecule has 3 aromatic rings. The maximum Gasteiger partial charge on any atom is 0.270 e. The number of carbonyl (C=O) groups excluding carboxylic acids is 1. The van der Waals surface area contributed by atoms with Crippen LogP contribution < -0.4 is 0 Å². The predicted molar refractivity (Wildman–Crippen MR) is 98.4 cm³/mol. The molecule has 25 heavy (non-hydrogen) atoms. The highest BCUT2D eigenvalue weighted by atomic mass is 16.3. The number of benzene rings is 2. The molecule has 2 heterocycles. The molecular formula is C21H22N2O2. The average molecular weight is 334 g/mol. The maximum absolute atomic E-state index is 13.0. The third-order valence-corrected chi connectivity index (χ3v) is 5.08. The molecule has 1 amide bonds. The van der Waals surface area contributed by atoms with Gasteiger partial charge in [0.1, 0.15) is 5.69 Å². The second kappa shape index (κ2) is 6.73. The lowest BCUT2D eigenvalue weighted by atomic mass is 10.0. The molecular weight excluding hydrogens is 312 g/mol. The van der Waals surface area contributed by atoms with Crippen LogP contribution in [0.2, 0.25) is 0 Å². The van der Waals surface area contributed by atoms with Crippen LogP contribution in [0.4, 0.5) is 0 Å². The van der Waals surface area contributed by atoms with Gasteiger partial charge in [-0.15, -0.1) is 0 Å². The van der Waals surface area contributed by atoms with Crippen molar-refractivity contribution in [2.45, 2.75) is 31.4 Å². The van der Waals surface area contributed by atoms with Gasteiger partial charge in [-0.05, 0) is 37.0 Å². The van der Waals surface area contributed by atoms with E-state index in [0.717, 1.165) is 35.9 Å². The molecule has 1 aromatic heterocycles. The van der Waals surface area contributed by atoms with Gasteiger partial charge in [0.15, 0.2) is 0 Å². The molecule has 1 aliphatic heterocycles. The van der Waals surface area contributed by atoms with E-state index in [4.69, 9.17) is 0 Å². The lowest BCUT2D eigenvalue weighted by Crippen LogP contribution is -2.36. The predicted octanol–water partition coefficient (Wildman–Crippen LogP) is 3.90. The molecule has 4 nitrogen and oxygen atoms in total. The topological polar surface area (TPSA) is 56.3 Å². The monoisotopic (exact) mass is 334 g/mol. The molecule has 0 saturated carbocycles. The van der Waals surface area contributed by atoms with Crippen LogP contribution in [0.15, 0.2) is 60.7 Å². The Bertz CT molecular complexity index is 839. The average Bonchev–Trinajstić information content (AvgIpc) is 3.28. The van der Waals surface area contributed by atoms with Crippen LogP contribution in [0.25, 0.3) is 10.9 Å². The summed E-state index contributed by atoms with van der Waals surface area (Å²) in [5.41, 5.74) is 2.51. The van der Waals surface area contributed by atoms with Crippen molar-refractivity contribution < 1.29 is 9.90 Å². The molecule has 4 rings (SSSR count). The van der Waals surface area contributed by atoms with Crippen LogP contribution in [0, 0.1) is 0 Å². The number of fused-ring (bicyclic) bond motifs is 1. The molecule has 0 radical (unpaired) electrons. The number of H-pyrrole nitrogens is 1. The number of rotatable bonds is 4. The van der Waals surface area contributed by atoms with Gasteiger partial charge in [0.05, 0.1) is 6.10 Å². The highest BCUT2D eigenvalue weighted by Gasteiger charge is 2.31. The number of hydrogen-bond donors (Lipinski definition) is 2. The Hall–Kier alpha value is -2.59. The molecule has 1 saturated heterocycles. The fourth-order valence-electron chi connectivity index (χ4n) is 3.76. The smallest absolute Gasteiger partial charge is 0.270 e. The Balaban J connectivity index is 1.51. The van der Waals surface area contributed by atoms with Crippen molar-refractivity contribution in [2.24, 2.45) is 0 Å². The van der Waals surface area contributed by atoms with Gasteiger partial charge in [0.25, 0.3) is 5.91 Å². The maximum atomic E-state index is 13.0. The Morgan fingerprint density at radius 3 is 2.72 bits per heavy atom.